The van der Waals surface area contributed by atoms with Crippen LogP contribution in [-0.4, -0.2) is 19.3 Å². The van der Waals surface area contributed by atoms with Gasteiger partial charge in [0.2, 0.25) is 5.75 Å². The van der Waals surface area contributed by atoms with E-state index in [0.29, 0.717) is 23.1 Å². The lowest BCUT2D eigenvalue weighted by atomic mass is 10.1. The Morgan fingerprint density at radius 1 is 1.14 bits per heavy atom. The summed E-state index contributed by atoms with van der Waals surface area (Å²) in [5, 5.41) is 13.9. The topological polar surface area (TPSA) is 50.7 Å². The first-order chi connectivity index (χ1) is 10.0. The maximum Gasteiger partial charge on any atom is 0.200 e. The van der Waals surface area contributed by atoms with Crippen LogP contribution in [0.15, 0.2) is 30.3 Å². The van der Waals surface area contributed by atoms with E-state index in [1.807, 2.05) is 18.2 Å². The summed E-state index contributed by atoms with van der Waals surface area (Å²) in [6, 6.07) is 9.20. The molecule has 2 aromatic rings. The normalized spacial score (nSPS) is 10.3. The smallest absolute Gasteiger partial charge is 0.200 e. The molecule has 2 N–H and O–H groups in total. The average Bonchev–Trinajstić information content (AvgIpc) is 2.47. The van der Waals surface area contributed by atoms with E-state index in [0.717, 1.165) is 14.8 Å². The third-order valence-electron chi connectivity index (χ3n) is 2.95. The quantitative estimate of drug-likeness (QED) is 0.710. The second-order valence-corrected chi connectivity index (χ2v) is 5.93. The minimum Gasteiger partial charge on any atom is -0.502 e. The molecule has 0 aliphatic heterocycles. The molecule has 0 bridgehead atoms. The number of phenols is 1. The third kappa shape index (κ3) is 3.85. The summed E-state index contributed by atoms with van der Waals surface area (Å²) in [5.74, 6) is 0.777. The summed E-state index contributed by atoms with van der Waals surface area (Å²) < 4.78 is 11.3. The lowest BCUT2D eigenvalue weighted by Gasteiger charge is -2.13. The van der Waals surface area contributed by atoms with Crippen LogP contribution in [0.1, 0.15) is 5.56 Å². The molecule has 6 heteroatoms. The number of benzene rings is 2. The number of ether oxygens (including phenoxy) is 2. The van der Waals surface area contributed by atoms with Gasteiger partial charge in [0, 0.05) is 20.8 Å². The fraction of sp³-hybridized carbons (Fsp3) is 0.200. The van der Waals surface area contributed by atoms with E-state index in [2.05, 4.69) is 27.9 Å². The highest BCUT2D eigenvalue weighted by Gasteiger charge is 2.11. The number of nitrogens with one attached hydrogen (secondary N) is 1. The molecule has 0 aromatic heterocycles. The van der Waals surface area contributed by atoms with Crippen LogP contribution in [0.3, 0.4) is 0 Å². The maximum atomic E-state index is 9.89. The Balaban J connectivity index is 2.19. The van der Waals surface area contributed by atoms with Crippen LogP contribution in [0, 0.1) is 3.57 Å². The molecule has 0 saturated carbocycles. The number of halogens is 2. The molecule has 0 unspecified atom stereocenters. The number of phenolic OH excluding ortho intramolecular Hbond substituents is 1. The molecule has 21 heavy (non-hydrogen) atoms. The number of rotatable bonds is 5. The highest BCUT2D eigenvalue weighted by molar-refractivity contribution is 14.1. The standard InChI is InChI=1S/C15H15ClINO3/c1-20-13-5-9(6-14(21-2)15(13)19)8-18-12-4-3-10(16)7-11(12)17/h3-7,18-19H,8H2,1-2H3. The lowest BCUT2D eigenvalue weighted by Crippen LogP contribution is -2.02. The predicted molar refractivity (Wildman–Crippen MR) is 92.7 cm³/mol. The first-order valence-electron chi connectivity index (χ1n) is 6.18. The van der Waals surface area contributed by atoms with Crippen LogP contribution in [0.4, 0.5) is 5.69 Å². The van der Waals surface area contributed by atoms with Gasteiger partial charge in [0.15, 0.2) is 11.5 Å². The molecule has 0 radical (unpaired) electrons. The molecule has 0 fully saturated rings. The Labute approximate surface area is 142 Å². The van der Waals surface area contributed by atoms with Crippen molar-refractivity contribution in [2.45, 2.75) is 6.54 Å². The Morgan fingerprint density at radius 2 is 1.76 bits per heavy atom. The molecule has 0 amide bonds. The summed E-state index contributed by atoms with van der Waals surface area (Å²) in [6.45, 7) is 0.574. The SMILES string of the molecule is COc1cc(CNc2ccc(Cl)cc2I)cc(OC)c1O. The van der Waals surface area contributed by atoms with Gasteiger partial charge in [0.05, 0.1) is 14.2 Å². The monoisotopic (exact) mass is 419 g/mol. The first-order valence-corrected chi connectivity index (χ1v) is 7.63. The Kier molecular flexibility index (Phi) is 5.41. The van der Waals surface area contributed by atoms with Gasteiger partial charge in [0.25, 0.3) is 0 Å². The zero-order valence-corrected chi connectivity index (χ0v) is 14.5. The lowest BCUT2D eigenvalue weighted by molar-refractivity contribution is 0.339. The van der Waals surface area contributed by atoms with Gasteiger partial charge in [-0.1, -0.05) is 11.6 Å². The first kappa shape index (κ1) is 16.0. The second-order valence-electron chi connectivity index (χ2n) is 4.33. The van der Waals surface area contributed by atoms with Crippen LogP contribution in [0.5, 0.6) is 17.2 Å². The molecule has 0 atom stereocenters. The van der Waals surface area contributed by atoms with Crippen molar-refractivity contribution < 1.29 is 14.6 Å². The van der Waals surface area contributed by atoms with E-state index in [1.165, 1.54) is 14.2 Å². The predicted octanol–water partition coefficient (Wildman–Crippen LogP) is 4.28. The van der Waals surface area contributed by atoms with Crippen molar-refractivity contribution >= 4 is 39.9 Å². The largest absolute Gasteiger partial charge is 0.502 e. The van der Waals surface area contributed by atoms with Crippen molar-refractivity contribution in [2.24, 2.45) is 0 Å². The summed E-state index contributed by atoms with van der Waals surface area (Å²) in [5.41, 5.74) is 1.93. The van der Waals surface area contributed by atoms with Crippen LogP contribution < -0.4 is 14.8 Å². The average molecular weight is 420 g/mol. The zero-order chi connectivity index (χ0) is 15.4. The van der Waals surface area contributed by atoms with Crippen LogP contribution in [-0.2, 0) is 6.54 Å². The van der Waals surface area contributed by atoms with Gasteiger partial charge in [-0.15, -0.1) is 0 Å². The van der Waals surface area contributed by atoms with Crippen LogP contribution >= 0.6 is 34.2 Å². The number of aromatic hydroxyl groups is 1. The molecule has 2 rings (SSSR count). The molecule has 2 aromatic carbocycles. The van der Waals surface area contributed by atoms with Gasteiger partial charge in [-0.25, -0.2) is 0 Å². The van der Waals surface area contributed by atoms with Gasteiger partial charge < -0.3 is 19.9 Å². The molecular formula is C15H15ClINO3. The molecule has 0 heterocycles. The minimum absolute atomic E-state index is 0.00447. The molecule has 0 saturated heterocycles. The van der Waals surface area contributed by atoms with E-state index >= 15 is 0 Å². The van der Waals surface area contributed by atoms with Gasteiger partial charge >= 0.3 is 0 Å². The highest BCUT2D eigenvalue weighted by atomic mass is 127. The summed E-state index contributed by atoms with van der Waals surface area (Å²) >= 11 is 8.16. The van der Waals surface area contributed by atoms with Gasteiger partial charge in [-0.2, -0.15) is 0 Å². The van der Waals surface area contributed by atoms with Crippen molar-refractivity contribution in [3.63, 3.8) is 0 Å². The van der Waals surface area contributed by atoms with Crippen molar-refractivity contribution in [1.82, 2.24) is 0 Å². The zero-order valence-electron chi connectivity index (χ0n) is 11.6. The maximum absolute atomic E-state index is 9.89. The molecule has 0 spiro atoms. The molecule has 0 aliphatic carbocycles. The van der Waals surface area contributed by atoms with Crippen molar-refractivity contribution in [2.75, 3.05) is 19.5 Å². The van der Waals surface area contributed by atoms with E-state index < -0.39 is 0 Å². The fourth-order valence-corrected chi connectivity index (χ4v) is 2.94. The van der Waals surface area contributed by atoms with Crippen molar-refractivity contribution in [3.8, 4) is 17.2 Å². The summed E-state index contributed by atoms with van der Waals surface area (Å²) in [4.78, 5) is 0. The van der Waals surface area contributed by atoms with Crippen molar-refractivity contribution in [3.05, 3.63) is 44.5 Å². The summed E-state index contributed by atoms with van der Waals surface area (Å²) in [6.07, 6.45) is 0. The number of hydrogen-bond donors (Lipinski definition) is 2. The van der Waals surface area contributed by atoms with Gasteiger partial charge in [0.1, 0.15) is 0 Å². The molecular weight excluding hydrogens is 405 g/mol. The van der Waals surface area contributed by atoms with Crippen molar-refractivity contribution in [1.29, 1.82) is 0 Å². The fourth-order valence-electron chi connectivity index (χ4n) is 1.88. The van der Waals surface area contributed by atoms with E-state index in [1.54, 1.807) is 12.1 Å². The van der Waals surface area contributed by atoms with Gasteiger partial charge in [-0.05, 0) is 58.5 Å². The minimum atomic E-state index is 0.00447. The van der Waals surface area contributed by atoms with Gasteiger partial charge in [-0.3, -0.25) is 0 Å². The van der Waals surface area contributed by atoms with Crippen LogP contribution in [0.25, 0.3) is 0 Å². The number of hydrogen-bond acceptors (Lipinski definition) is 4. The van der Waals surface area contributed by atoms with E-state index in [4.69, 9.17) is 21.1 Å². The Hall–Kier alpha value is -1.34. The Bertz CT molecular complexity index is 624. The third-order valence-corrected chi connectivity index (χ3v) is 4.08. The summed E-state index contributed by atoms with van der Waals surface area (Å²) in [7, 11) is 3.02. The second kappa shape index (κ2) is 7.09. The highest BCUT2D eigenvalue weighted by Crippen LogP contribution is 2.37. The molecule has 0 aliphatic rings. The number of methoxy groups -OCH3 is 2. The van der Waals surface area contributed by atoms with E-state index in [9.17, 15) is 5.11 Å². The molecule has 4 nitrogen and oxygen atoms in total. The van der Waals surface area contributed by atoms with E-state index in [-0.39, 0.29) is 5.75 Å². The molecule has 112 valence electrons. The number of anilines is 1. The van der Waals surface area contributed by atoms with Crippen LogP contribution in [0.2, 0.25) is 5.02 Å². The Morgan fingerprint density at radius 3 is 2.29 bits per heavy atom.